The zero-order valence-electron chi connectivity index (χ0n) is 15.4. The highest BCUT2D eigenvalue weighted by Gasteiger charge is 2.31. The van der Waals surface area contributed by atoms with Crippen molar-refractivity contribution in [2.45, 2.75) is 50.6 Å². The minimum Gasteiger partial charge on any atom is -0.493 e. The number of methoxy groups -OCH3 is 1. The Morgan fingerprint density at radius 2 is 2.04 bits per heavy atom. The van der Waals surface area contributed by atoms with Gasteiger partial charge in [0, 0.05) is 37.7 Å². The SMILES string of the molecule is COc1cc(C#N)ccc1OCCCC(=O)NC1CCN(C2CC2)CC1. The maximum absolute atomic E-state index is 12.1. The number of piperidine rings is 1. The molecule has 1 aromatic rings. The van der Waals surface area contributed by atoms with Crippen molar-refractivity contribution in [2.75, 3.05) is 26.8 Å². The van der Waals surface area contributed by atoms with Crippen molar-refractivity contribution in [3.05, 3.63) is 23.8 Å². The Morgan fingerprint density at radius 3 is 2.69 bits per heavy atom. The molecule has 6 heteroatoms. The first-order chi connectivity index (χ1) is 12.7. The summed E-state index contributed by atoms with van der Waals surface area (Å²) in [6.07, 6.45) is 5.92. The predicted molar refractivity (Wildman–Crippen MR) is 98.2 cm³/mol. The van der Waals surface area contributed by atoms with Gasteiger partial charge in [0.15, 0.2) is 11.5 Å². The maximum atomic E-state index is 12.1. The van der Waals surface area contributed by atoms with Gasteiger partial charge in [0.2, 0.25) is 5.91 Å². The number of nitrogens with zero attached hydrogens (tertiary/aromatic N) is 2. The molecule has 3 rings (SSSR count). The van der Waals surface area contributed by atoms with Crippen molar-refractivity contribution in [3.8, 4) is 17.6 Å². The number of nitriles is 1. The highest BCUT2D eigenvalue weighted by Crippen LogP contribution is 2.29. The highest BCUT2D eigenvalue weighted by molar-refractivity contribution is 5.76. The molecule has 2 fully saturated rings. The van der Waals surface area contributed by atoms with Gasteiger partial charge in [-0.15, -0.1) is 0 Å². The normalized spacial score (nSPS) is 18.2. The summed E-state index contributed by atoms with van der Waals surface area (Å²) in [7, 11) is 1.55. The minimum atomic E-state index is 0.102. The smallest absolute Gasteiger partial charge is 0.220 e. The molecule has 0 aromatic heterocycles. The Hall–Kier alpha value is -2.26. The van der Waals surface area contributed by atoms with Crippen LogP contribution in [0.5, 0.6) is 11.5 Å². The molecule has 140 valence electrons. The van der Waals surface area contributed by atoms with Crippen LogP contribution >= 0.6 is 0 Å². The number of ether oxygens (including phenoxy) is 2. The van der Waals surface area contributed by atoms with Crippen molar-refractivity contribution in [1.29, 1.82) is 5.26 Å². The molecule has 1 amide bonds. The van der Waals surface area contributed by atoms with Crippen LogP contribution in [0.4, 0.5) is 0 Å². The lowest BCUT2D eigenvalue weighted by molar-refractivity contribution is -0.122. The summed E-state index contributed by atoms with van der Waals surface area (Å²) in [6.45, 7) is 2.66. The summed E-state index contributed by atoms with van der Waals surface area (Å²) < 4.78 is 10.9. The van der Waals surface area contributed by atoms with Crippen LogP contribution in [0.25, 0.3) is 0 Å². The molecule has 1 N–H and O–H groups in total. The minimum absolute atomic E-state index is 0.102. The van der Waals surface area contributed by atoms with Gasteiger partial charge in [-0.3, -0.25) is 4.79 Å². The molecule has 1 aliphatic carbocycles. The summed E-state index contributed by atoms with van der Waals surface area (Å²) in [5.41, 5.74) is 0.529. The molecule has 0 bridgehead atoms. The van der Waals surface area contributed by atoms with Crippen LogP contribution in [0.2, 0.25) is 0 Å². The zero-order valence-corrected chi connectivity index (χ0v) is 15.4. The van der Waals surface area contributed by atoms with Gasteiger partial charge in [-0.1, -0.05) is 0 Å². The number of hydrogen-bond donors (Lipinski definition) is 1. The predicted octanol–water partition coefficient (Wildman–Crippen LogP) is 2.47. The first-order valence-corrected chi connectivity index (χ1v) is 9.44. The quantitative estimate of drug-likeness (QED) is 0.724. The third-order valence-electron chi connectivity index (χ3n) is 5.06. The highest BCUT2D eigenvalue weighted by atomic mass is 16.5. The number of carbonyl (C=O) groups excluding carboxylic acids is 1. The van der Waals surface area contributed by atoms with Crippen molar-refractivity contribution < 1.29 is 14.3 Å². The van der Waals surface area contributed by atoms with E-state index >= 15 is 0 Å². The van der Waals surface area contributed by atoms with Crippen molar-refractivity contribution >= 4 is 5.91 Å². The second-order valence-electron chi connectivity index (χ2n) is 7.04. The molecule has 1 saturated heterocycles. The average Bonchev–Trinajstić information content (AvgIpc) is 3.51. The van der Waals surface area contributed by atoms with E-state index in [0.717, 1.165) is 32.0 Å². The van der Waals surface area contributed by atoms with Gasteiger partial charge in [0.25, 0.3) is 0 Å². The second kappa shape index (κ2) is 8.91. The van der Waals surface area contributed by atoms with Crippen LogP contribution in [0.1, 0.15) is 44.1 Å². The monoisotopic (exact) mass is 357 g/mol. The number of nitrogens with one attached hydrogen (secondary N) is 1. The lowest BCUT2D eigenvalue weighted by atomic mass is 10.0. The van der Waals surface area contributed by atoms with Crippen molar-refractivity contribution in [3.63, 3.8) is 0 Å². The molecule has 1 aliphatic heterocycles. The van der Waals surface area contributed by atoms with E-state index in [0.29, 0.717) is 42.6 Å². The van der Waals surface area contributed by atoms with Gasteiger partial charge in [-0.25, -0.2) is 0 Å². The summed E-state index contributed by atoms with van der Waals surface area (Å²) in [4.78, 5) is 14.7. The first-order valence-electron chi connectivity index (χ1n) is 9.44. The van der Waals surface area contributed by atoms with Gasteiger partial charge in [-0.05, 0) is 44.2 Å². The van der Waals surface area contributed by atoms with Gasteiger partial charge in [0.1, 0.15) is 0 Å². The molecule has 2 aliphatic rings. The first kappa shape index (κ1) is 18.5. The Balaban J connectivity index is 1.33. The molecule has 0 spiro atoms. The fourth-order valence-corrected chi connectivity index (χ4v) is 3.42. The molecule has 0 radical (unpaired) electrons. The van der Waals surface area contributed by atoms with Gasteiger partial charge < -0.3 is 19.7 Å². The van der Waals surface area contributed by atoms with Crippen molar-refractivity contribution in [2.24, 2.45) is 0 Å². The third kappa shape index (κ3) is 5.12. The number of amides is 1. The second-order valence-corrected chi connectivity index (χ2v) is 7.04. The fraction of sp³-hybridized carbons (Fsp3) is 0.600. The summed E-state index contributed by atoms with van der Waals surface area (Å²) >= 11 is 0. The number of rotatable bonds is 8. The van der Waals surface area contributed by atoms with E-state index < -0.39 is 0 Å². The Labute approximate surface area is 155 Å². The molecule has 6 nitrogen and oxygen atoms in total. The van der Waals surface area contributed by atoms with Crippen LogP contribution in [-0.2, 0) is 4.79 Å². The van der Waals surface area contributed by atoms with Crippen LogP contribution < -0.4 is 14.8 Å². The van der Waals surface area contributed by atoms with Crippen LogP contribution in [0.15, 0.2) is 18.2 Å². The molecule has 26 heavy (non-hydrogen) atoms. The Kier molecular flexibility index (Phi) is 6.35. The number of benzene rings is 1. The zero-order chi connectivity index (χ0) is 18.4. The molecule has 1 saturated carbocycles. The lowest BCUT2D eigenvalue weighted by Gasteiger charge is -2.32. The van der Waals surface area contributed by atoms with Gasteiger partial charge in [0.05, 0.1) is 25.3 Å². The Morgan fingerprint density at radius 1 is 1.27 bits per heavy atom. The largest absolute Gasteiger partial charge is 0.493 e. The summed E-state index contributed by atoms with van der Waals surface area (Å²) in [5.74, 6) is 1.24. The van der Waals surface area contributed by atoms with Crippen molar-refractivity contribution in [1.82, 2.24) is 10.2 Å². The van der Waals surface area contributed by atoms with Crippen LogP contribution in [0, 0.1) is 11.3 Å². The molecular weight excluding hydrogens is 330 g/mol. The number of hydrogen-bond acceptors (Lipinski definition) is 5. The van der Waals surface area contributed by atoms with E-state index in [1.165, 1.54) is 12.8 Å². The number of likely N-dealkylation sites (tertiary alicyclic amines) is 1. The summed E-state index contributed by atoms with van der Waals surface area (Å²) in [5, 5.41) is 12.1. The molecule has 1 heterocycles. The van der Waals surface area contributed by atoms with E-state index in [1.807, 2.05) is 0 Å². The standard InChI is InChI=1S/C20H27N3O3/c1-25-19-13-15(14-21)4-7-18(19)26-12-2-3-20(24)22-16-8-10-23(11-9-16)17-5-6-17/h4,7,13,16-17H,2-3,5-6,8-12H2,1H3,(H,22,24). The maximum Gasteiger partial charge on any atom is 0.220 e. The van der Waals surface area contributed by atoms with E-state index in [4.69, 9.17) is 14.7 Å². The molecule has 1 aromatic carbocycles. The molecule has 0 unspecified atom stereocenters. The number of carbonyl (C=O) groups is 1. The third-order valence-corrected chi connectivity index (χ3v) is 5.06. The summed E-state index contributed by atoms with van der Waals surface area (Å²) in [6, 6.07) is 8.28. The topological polar surface area (TPSA) is 74.6 Å². The Bertz CT molecular complexity index is 659. The lowest BCUT2D eigenvalue weighted by Crippen LogP contribution is -2.45. The van der Waals surface area contributed by atoms with E-state index in [1.54, 1.807) is 25.3 Å². The van der Waals surface area contributed by atoms with Gasteiger partial charge in [-0.2, -0.15) is 5.26 Å². The molecular formula is C20H27N3O3. The van der Waals surface area contributed by atoms with E-state index in [-0.39, 0.29) is 5.91 Å². The van der Waals surface area contributed by atoms with E-state index in [2.05, 4.69) is 16.3 Å². The average molecular weight is 357 g/mol. The van der Waals surface area contributed by atoms with Crippen LogP contribution in [-0.4, -0.2) is 49.7 Å². The molecule has 0 atom stereocenters. The van der Waals surface area contributed by atoms with Crippen LogP contribution in [0.3, 0.4) is 0 Å². The van der Waals surface area contributed by atoms with E-state index in [9.17, 15) is 4.79 Å². The van der Waals surface area contributed by atoms with Gasteiger partial charge >= 0.3 is 0 Å². The fourth-order valence-electron chi connectivity index (χ4n) is 3.42.